The van der Waals surface area contributed by atoms with Gasteiger partial charge in [0.2, 0.25) is 0 Å². The molecular formula is C15H21ClN4O2S2. The minimum Gasteiger partial charge on any atom is -0.296 e. The second kappa shape index (κ2) is 6.76. The van der Waals surface area contributed by atoms with Crippen molar-refractivity contribution in [3.05, 3.63) is 33.4 Å². The molecule has 1 fully saturated rings. The van der Waals surface area contributed by atoms with Gasteiger partial charge in [0.25, 0.3) is 10.0 Å². The quantitative estimate of drug-likeness (QED) is 0.806. The van der Waals surface area contributed by atoms with Crippen LogP contribution in [0.4, 0.5) is 0 Å². The number of sulfonamides is 1. The molecule has 0 aliphatic carbocycles. The van der Waals surface area contributed by atoms with Crippen LogP contribution < -0.4 is 0 Å². The number of hydrogen-bond acceptors (Lipinski definition) is 5. The Balaban J connectivity index is 1.66. The van der Waals surface area contributed by atoms with Crippen molar-refractivity contribution in [3.63, 3.8) is 0 Å². The SMILES string of the molecule is Cc1nn(C)c(C)c1CN1CCN(S(=O)(=O)c2ccc(Cl)s2)CC1. The number of nitrogens with zero attached hydrogens (tertiary/aromatic N) is 4. The average molecular weight is 389 g/mol. The first-order valence-electron chi connectivity index (χ1n) is 7.76. The summed E-state index contributed by atoms with van der Waals surface area (Å²) in [5.74, 6) is 0. The van der Waals surface area contributed by atoms with E-state index in [0.29, 0.717) is 34.7 Å². The van der Waals surface area contributed by atoms with Crippen LogP contribution in [0.1, 0.15) is 17.0 Å². The van der Waals surface area contributed by atoms with Crippen molar-refractivity contribution in [1.29, 1.82) is 0 Å². The molecule has 1 aliphatic rings. The maximum absolute atomic E-state index is 12.6. The number of aromatic nitrogens is 2. The Morgan fingerprint density at radius 1 is 1.21 bits per heavy atom. The Morgan fingerprint density at radius 3 is 2.38 bits per heavy atom. The summed E-state index contributed by atoms with van der Waals surface area (Å²) in [6, 6.07) is 3.21. The van der Waals surface area contributed by atoms with Crippen LogP contribution in [0.2, 0.25) is 4.34 Å². The highest BCUT2D eigenvalue weighted by atomic mass is 35.5. The second-order valence-electron chi connectivity index (χ2n) is 6.01. The molecule has 1 aliphatic heterocycles. The van der Waals surface area contributed by atoms with E-state index < -0.39 is 10.0 Å². The van der Waals surface area contributed by atoms with Gasteiger partial charge in [-0.3, -0.25) is 9.58 Å². The number of piperazine rings is 1. The molecule has 0 bridgehead atoms. The summed E-state index contributed by atoms with van der Waals surface area (Å²) in [4.78, 5) is 2.28. The molecule has 0 spiro atoms. The fraction of sp³-hybridized carbons (Fsp3) is 0.533. The molecule has 6 nitrogen and oxygen atoms in total. The van der Waals surface area contributed by atoms with Gasteiger partial charge in [0, 0.05) is 51.0 Å². The minimum absolute atomic E-state index is 0.319. The van der Waals surface area contributed by atoms with Crippen molar-refractivity contribution in [2.45, 2.75) is 24.6 Å². The highest BCUT2D eigenvalue weighted by Crippen LogP contribution is 2.28. The molecule has 132 valence electrons. The van der Waals surface area contributed by atoms with E-state index in [1.54, 1.807) is 16.4 Å². The Labute approximate surface area is 151 Å². The van der Waals surface area contributed by atoms with Crippen LogP contribution >= 0.6 is 22.9 Å². The lowest BCUT2D eigenvalue weighted by molar-refractivity contribution is 0.181. The predicted octanol–water partition coefficient (Wildman–Crippen LogP) is 2.26. The monoisotopic (exact) mass is 388 g/mol. The molecule has 1 saturated heterocycles. The van der Waals surface area contributed by atoms with Crippen molar-refractivity contribution in [3.8, 4) is 0 Å². The first kappa shape index (κ1) is 17.9. The van der Waals surface area contributed by atoms with Gasteiger partial charge in [-0.15, -0.1) is 11.3 Å². The molecule has 0 aromatic carbocycles. The lowest BCUT2D eigenvalue weighted by Gasteiger charge is -2.33. The van der Waals surface area contributed by atoms with Crippen molar-refractivity contribution < 1.29 is 8.42 Å². The highest BCUT2D eigenvalue weighted by molar-refractivity contribution is 7.91. The van der Waals surface area contributed by atoms with Gasteiger partial charge in [-0.05, 0) is 26.0 Å². The molecule has 0 unspecified atom stereocenters. The van der Waals surface area contributed by atoms with Gasteiger partial charge in [0.15, 0.2) is 0 Å². The normalized spacial score (nSPS) is 17.5. The van der Waals surface area contributed by atoms with E-state index in [9.17, 15) is 8.42 Å². The van der Waals surface area contributed by atoms with E-state index in [1.807, 2.05) is 18.7 Å². The molecule has 24 heavy (non-hydrogen) atoms. The van der Waals surface area contributed by atoms with E-state index in [1.165, 1.54) is 5.56 Å². The Kier molecular flexibility index (Phi) is 5.04. The number of hydrogen-bond donors (Lipinski definition) is 0. The van der Waals surface area contributed by atoms with Crippen molar-refractivity contribution in [1.82, 2.24) is 19.0 Å². The molecule has 2 aromatic rings. The van der Waals surface area contributed by atoms with Crippen LogP contribution in [0.25, 0.3) is 0 Å². The van der Waals surface area contributed by atoms with Gasteiger partial charge in [-0.1, -0.05) is 11.6 Å². The molecule has 3 rings (SSSR count). The van der Waals surface area contributed by atoms with Crippen molar-refractivity contribution in [2.24, 2.45) is 7.05 Å². The van der Waals surface area contributed by atoms with Crippen LogP contribution in [-0.4, -0.2) is 53.6 Å². The Bertz CT molecular complexity index is 836. The largest absolute Gasteiger partial charge is 0.296 e. The number of thiophene rings is 1. The first-order valence-corrected chi connectivity index (χ1v) is 10.4. The fourth-order valence-electron chi connectivity index (χ4n) is 2.96. The van der Waals surface area contributed by atoms with Crippen LogP contribution in [0.5, 0.6) is 0 Å². The minimum atomic E-state index is -3.43. The number of rotatable bonds is 4. The molecule has 9 heteroatoms. The average Bonchev–Trinajstić information content (AvgIpc) is 3.08. The predicted molar refractivity (Wildman–Crippen MR) is 96.0 cm³/mol. The maximum Gasteiger partial charge on any atom is 0.252 e. The lowest BCUT2D eigenvalue weighted by atomic mass is 10.1. The molecule has 0 atom stereocenters. The molecule has 0 saturated carbocycles. The third-order valence-corrected chi connectivity index (χ3v) is 8.11. The molecular weight excluding hydrogens is 368 g/mol. The third-order valence-electron chi connectivity index (χ3n) is 4.51. The van der Waals surface area contributed by atoms with E-state index in [0.717, 1.165) is 29.3 Å². The van der Waals surface area contributed by atoms with Gasteiger partial charge in [0.05, 0.1) is 10.0 Å². The van der Waals surface area contributed by atoms with Gasteiger partial charge < -0.3 is 0 Å². The summed E-state index contributed by atoms with van der Waals surface area (Å²) < 4.78 is 29.5. The summed E-state index contributed by atoms with van der Waals surface area (Å²) in [6.45, 7) is 7.31. The molecule has 0 amide bonds. The topological polar surface area (TPSA) is 58.4 Å². The molecule has 0 radical (unpaired) electrons. The summed E-state index contributed by atoms with van der Waals surface area (Å²) in [6.07, 6.45) is 0. The zero-order valence-corrected chi connectivity index (χ0v) is 16.4. The van der Waals surface area contributed by atoms with E-state index >= 15 is 0 Å². The number of halogens is 1. The highest BCUT2D eigenvalue weighted by Gasteiger charge is 2.30. The summed E-state index contributed by atoms with van der Waals surface area (Å²) in [7, 11) is -1.48. The van der Waals surface area contributed by atoms with Crippen LogP contribution in [0.15, 0.2) is 16.3 Å². The van der Waals surface area contributed by atoms with Crippen LogP contribution in [0.3, 0.4) is 0 Å². The standard InChI is InChI=1S/C15H21ClN4O2S2/c1-11-13(12(2)18(3)17-11)10-19-6-8-20(9-7-19)24(21,22)15-5-4-14(16)23-15/h4-5H,6-10H2,1-3H3. The third kappa shape index (κ3) is 3.39. The summed E-state index contributed by atoms with van der Waals surface area (Å²) in [5, 5.41) is 4.44. The molecule has 3 heterocycles. The van der Waals surface area contributed by atoms with Gasteiger partial charge in [-0.25, -0.2) is 8.42 Å². The zero-order chi connectivity index (χ0) is 17.5. The smallest absolute Gasteiger partial charge is 0.252 e. The fourth-order valence-corrected chi connectivity index (χ4v) is 6.02. The van der Waals surface area contributed by atoms with Crippen molar-refractivity contribution >= 4 is 33.0 Å². The van der Waals surface area contributed by atoms with Gasteiger partial charge in [0.1, 0.15) is 4.21 Å². The zero-order valence-electron chi connectivity index (χ0n) is 14.0. The maximum atomic E-state index is 12.6. The van der Waals surface area contributed by atoms with E-state index in [4.69, 9.17) is 11.6 Å². The summed E-state index contributed by atoms with van der Waals surface area (Å²) in [5.41, 5.74) is 3.44. The van der Waals surface area contributed by atoms with Gasteiger partial charge in [-0.2, -0.15) is 9.40 Å². The molecule has 2 aromatic heterocycles. The second-order valence-corrected chi connectivity index (χ2v) is 9.89. The lowest BCUT2D eigenvalue weighted by Crippen LogP contribution is -2.48. The van der Waals surface area contributed by atoms with Crippen LogP contribution in [-0.2, 0) is 23.6 Å². The molecule has 0 N–H and O–H groups in total. The van der Waals surface area contributed by atoms with Crippen LogP contribution in [0, 0.1) is 13.8 Å². The van der Waals surface area contributed by atoms with E-state index in [2.05, 4.69) is 16.9 Å². The summed E-state index contributed by atoms with van der Waals surface area (Å²) >= 11 is 6.98. The Morgan fingerprint density at radius 2 is 1.88 bits per heavy atom. The van der Waals surface area contributed by atoms with E-state index in [-0.39, 0.29) is 0 Å². The van der Waals surface area contributed by atoms with Gasteiger partial charge >= 0.3 is 0 Å². The first-order chi connectivity index (χ1) is 11.3. The number of aryl methyl sites for hydroxylation is 2. The van der Waals surface area contributed by atoms with Crippen molar-refractivity contribution in [2.75, 3.05) is 26.2 Å². The Hall–Kier alpha value is -0.930.